The Hall–Kier alpha value is -1.77. The van der Waals surface area contributed by atoms with E-state index >= 15 is 0 Å². The van der Waals surface area contributed by atoms with Gasteiger partial charge in [0.2, 0.25) is 0 Å². The number of furan rings is 1. The number of hydrogen-bond acceptors (Lipinski definition) is 3. The number of carbonyl (C=O) groups excluding carboxylic acids is 1. The predicted octanol–water partition coefficient (Wildman–Crippen LogP) is 2.49. The fraction of sp³-hybridized carbons (Fsp3) is 0.250. The highest BCUT2D eigenvalue weighted by Crippen LogP contribution is 2.31. The molecule has 0 unspecified atom stereocenters. The van der Waals surface area contributed by atoms with Crippen molar-refractivity contribution in [1.82, 2.24) is 0 Å². The second-order valence-corrected chi connectivity index (χ2v) is 3.40. The Balaban J connectivity index is 2.68. The fourth-order valence-corrected chi connectivity index (χ4v) is 1.72. The zero-order valence-corrected chi connectivity index (χ0v) is 8.74. The Bertz CT molecular complexity index is 497. The number of fused-ring (bicyclic) bond motifs is 1. The molecule has 3 heteroatoms. The van der Waals surface area contributed by atoms with Crippen LogP contribution in [0.15, 0.2) is 22.6 Å². The molecule has 1 aromatic heterocycles. The molecule has 0 amide bonds. The number of aldehydes is 1. The highest BCUT2D eigenvalue weighted by molar-refractivity contribution is 5.86. The van der Waals surface area contributed by atoms with Crippen molar-refractivity contribution < 1.29 is 13.9 Å². The molecule has 0 atom stereocenters. The van der Waals surface area contributed by atoms with Crippen LogP contribution in [0.25, 0.3) is 11.0 Å². The highest BCUT2D eigenvalue weighted by Gasteiger charge is 2.11. The molecule has 0 fully saturated rings. The van der Waals surface area contributed by atoms with Crippen LogP contribution >= 0.6 is 0 Å². The van der Waals surface area contributed by atoms with Crippen molar-refractivity contribution in [3.8, 4) is 5.75 Å². The minimum atomic E-state index is 0.346. The third kappa shape index (κ3) is 1.61. The van der Waals surface area contributed by atoms with Crippen molar-refractivity contribution in [3.63, 3.8) is 0 Å². The van der Waals surface area contributed by atoms with E-state index in [1.807, 2.05) is 25.1 Å². The van der Waals surface area contributed by atoms with Gasteiger partial charge in [-0.1, -0.05) is 12.1 Å². The molecule has 0 radical (unpaired) electrons. The average Bonchev–Trinajstić information content (AvgIpc) is 2.58. The molecule has 0 aliphatic rings. The van der Waals surface area contributed by atoms with Gasteiger partial charge in [0.05, 0.1) is 7.11 Å². The molecule has 1 aromatic carbocycles. The lowest BCUT2D eigenvalue weighted by molar-refractivity contribution is -0.107. The lowest BCUT2D eigenvalue weighted by Gasteiger charge is -2.05. The lowest BCUT2D eigenvalue weighted by atomic mass is 10.1. The van der Waals surface area contributed by atoms with Gasteiger partial charge in [0.1, 0.15) is 12.0 Å². The minimum Gasteiger partial charge on any atom is -0.493 e. The maximum atomic E-state index is 10.5. The average molecular weight is 204 g/mol. The zero-order chi connectivity index (χ0) is 10.8. The van der Waals surface area contributed by atoms with E-state index in [-0.39, 0.29) is 0 Å². The largest absolute Gasteiger partial charge is 0.493 e. The summed E-state index contributed by atoms with van der Waals surface area (Å²) in [7, 11) is 1.58. The molecule has 0 bridgehead atoms. The van der Waals surface area contributed by atoms with Gasteiger partial charge >= 0.3 is 0 Å². The fourth-order valence-electron chi connectivity index (χ4n) is 1.72. The number of rotatable bonds is 3. The maximum absolute atomic E-state index is 10.5. The molecule has 1 heterocycles. The van der Waals surface area contributed by atoms with Gasteiger partial charge < -0.3 is 13.9 Å². The normalized spacial score (nSPS) is 10.5. The summed E-state index contributed by atoms with van der Waals surface area (Å²) in [5, 5.41) is 0.999. The van der Waals surface area contributed by atoms with E-state index in [0.717, 1.165) is 23.0 Å². The van der Waals surface area contributed by atoms with Crippen LogP contribution in [0.5, 0.6) is 5.75 Å². The van der Waals surface area contributed by atoms with Gasteiger partial charge in [-0.3, -0.25) is 0 Å². The van der Waals surface area contributed by atoms with Crippen LogP contribution in [0.2, 0.25) is 0 Å². The van der Waals surface area contributed by atoms with Crippen LogP contribution in [-0.4, -0.2) is 13.4 Å². The quantitative estimate of drug-likeness (QED) is 0.721. The smallest absolute Gasteiger partial charge is 0.176 e. The third-order valence-electron chi connectivity index (χ3n) is 2.35. The van der Waals surface area contributed by atoms with Crippen molar-refractivity contribution in [3.05, 3.63) is 29.5 Å². The molecule has 0 spiro atoms. The summed E-state index contributed by atoms with van der Waals surface area (Å²) in [6.07, 6.45) is 1.21. The van der Waals surface area contributed by atoms with Crippen molar-refractivity contribution in [1.29, 1.82) is 0 Å². The topological polar surface area (TPSA) is 39.4 Å². The van der Waals surface area contributed by atoms with Gasteiger partial charge in [-0.05, 0) is 13.0 Å². The first-order valence-electron chi connectivity index (χ1n) is 4.76. The van der Waals surface area contributed by atoms with Crippen molar-refractivity contribution in [2.45, 2.75) is 13.3 Å². The maximum Gasteiger partial charge on any atom is 0.176 e. The first-order chi connectivity index (χ1) is 7.26. The number of aryl methyl sites for hydroxylation is 1. The number of methoxy groups -OCH3 is 1. The summed E-state index contributed by atoms with van der Waals surface area (Å²) in [6, 6.07) is 5.78. The number of benzene rings is 1. The number of carbonyl (C=O) groups is 1. The molecule has 0 aliphatic heterocycles. The summed E-state index contributed by atoms with van der Waals surface area (Å²) in [6.45, 7) is 1.89. The minimum absolute atomic E-state index is 0.346. The molecule has 2 aromatic rings. The van der Waals surface area contributed by atoms with Crippen LogP contribution in [-0.2, 0) is 11.2 Å². The molecule has 2 rings (SSSR count). The summed E-state index contributed by atoms with van der Waals surface area (Å²) < 4.78 is 10.8. The van der Waals surface area contributed by atoms with Crippen LogP contribution in [0.1, 0.15) is 11.3 Å². The van der Waals surface area contributed by atoms with Crippen LogP contribution in [0, 0.1) is 6.92 Å². The number of hydrogen-bond donors (Lipinski definition) is 0. The van der Waals surface area contributed by atoms with E-state index in [2.05, 4.69) is 0 Å². The molecule has 0 N–H and O–H groups in total. The van der Waals surface area contributed by atoms with E-state index in [9.17, 15) is 4.79 Å². The summed E-state index contributed by atoms with van der Waals surface area (Å²) >= 11 is 0. The number of ether oxygens (including phenoxy) is 1. The van der Waals surface area contributed by atoms with E-state index in [1.54, 1.807) is 7.11 Å². The first kappa shape index (κ1) is 9.77. The van der Waals surface area contributed by atoms with Crippen molar-refractivity contribution in [2.24, 2.45) is 0 Å². The SMILES string of the molecule is COc1c(CC=O)ccc2cc(C)oc12. The van der Waals surface area contributed by atoms with E-state index in [0.29, 0.717) is 17.8 Å². The molecule has 15 heavy (non-hydrogen) atoms. The van der Waals surface area contributed by atoms with Gasteiger partial charge in [0, 0.05) is 17.4 Å². The molecular weight excluding hydrogens is 192 g/mol. The van der Waals surface area contributed by atoms with Crippen molar-refractivity contribution in [2.75, 3.05) is 7.11 Å². The Morgan fingerprint density at radius 1 is 1.47 bits per heavy atom. The molecule has 0 saturated carbocycles. The van der Waals surface area contributed by atoms with Gasteiger partial charge in [-0.25, -0.2) is 0 Å². The van der Waals surface area contributed by atoms with Crippen LogP contribution in [0.4, 0.5) is 0 Å². The molecular formula is C12H12O3. The summed E-state index contributed by atoms with van der Waals surface area (Å²) in [5.41, 5.74) is 1.57. The van der Waals surface area contributed by atoms with E-state index in [1.165, 1.54) is 0 Å². The van der Waals surface area contributed by atoms with Gasteiger partial charge in [0.25, 0.3) is 0 Å². The molecule has 78 valence electrons. The van der Waals surface area contributed by atoms with Crippen LogP contribution in [0.3, 0.4) is 0 Å². The first-order valence-corrected chi connectivity index (χ1v) is 4.76. The Labute approximate surface area is 87.6 Å². The van der Waals surface area contributed by atoms with E-state index in [4.69, 9.17) is 9.15 Å². The Kier molecular flexibility index (Phi) is 2.46. The zero-order valence-electron chi connectivity index (χ0n) is 8.74. The lowest BCUT2D eigenvalue weighted by Crippen LogP contribution is -1.93. The standard InChI is InChI=1S/C12H12O3/c1-8-7-10-4-3-9(5-6-13)11(14-2)12(10)15-8/h3-4,6-7H,5H2,1-2H3. The van der Waals surface area contributed by atoms with Gasteiger partial charge in [-0.2, -0.15) is 0 Å². The molecule has 0 aliphatic carbocycles. The van der Waals surface area contributed by atoms with E-state index < -0.39 is 0 Å². The Morgan fingerprint density at radius 2 is 2.27 bits per heavy atom. The molecule has 0 saturated heterocycles. The summed E-state index contributed by atoms with van der Waals surface area (Å²) in [4.78, 5) is 10.5. The second-order valence-electron chi connectivity index (χ2n) is 3.40. The molecule has 3 nitrogen and oxygen atoms in total. The Morgan fingerprint density at radius 3 is 2.93 bits per heavy atom. The second kappa shape index (κ2) is 3.77. The van der Waals surface area contributed by atoms with Gasteiger partial charge in [0.15, 0.2) is 11.3 Å². The third-order valence-corrected chi connectivity index (χ3v) is 2.35. The highest BCUT2D eigenvalue weighted by atomic mass is 16.5. The summed E-state index contributed by atoms with van der Waals surface area (Å²) in [5.74, 6) is 1.50. The van der Waals surface area contributed by atoms with Gasteiger partial charge in [-0.15, -0.1) is 0 Å². The predicted molar refractivity (Wildman–Crippen MR) is 57.3 cm³/mol. The van der Waals surface area contributed by atoms with Crippen LogP contribution < -0.4 is 4.74 Å². The monoisotopic (exact) mass is 204 g/mol. The van der Waals surface area contributed by atoms with Crippen molar-refractivity contribution >= 4 is 17.3 Å².